The van der Waals surface area contributed by atoms with Gasteiger partial charge in [-0.15, -0.1) is 0 Å². The van der Waals surface area contributed by atoms with Gasteiger partial charge in [0.25, 0.3) is 17.4 Å². The average molecular weight is 232 g/mol. The molecule has 0 aliphatic rings. The van der Waals surface area contributed by atoms with Crippen molar-refractivity contribution < 1.29 is 13.6 Å². The van der Waals surface area contributed by atoms with Crippen molar-refractivity contribution in [3.63, 3.8) is 0 Å². The van der Waals surface area contributed by atoms with E-state index in [1.54, 1.807) is 0 Å². The van der Waals surface area contributed by atoms with Crippen LogP contribution in [0.2, 0.25) is 0 Å². The van der Waals surface area contributed by atoms with Gasteiger partial charge >= 0.3 is 0 Å². The van der Waals surface area contributed by atoms with E-state index in [2.05, 4.69) is 9.97 Å². The Morgan fingerprint density at radius 1 is 1.62 bits per heavy atom. The maximum atomic E-state index is 12.7. The van der Waals surface area contributed by atoms with Crippen LogP contribution in [0.25, 0.3) is 0 Å². The molecule has 1 aromatic rings. The summed E-state index contributed by atoms with van der Waals surface area (Å²) < 4.78 is 25.4. The molecule has 4 N–H and O–H groups in total. The van der Waals surface area contributed by atoms with Gasteiger partial charge in [0.1, 0.15) is 5.69 Å². The maximum absolute atomic E-state index is 12.7. The van der Waals surface area contributed by atoms with Gasteiger partial charge in [-0.2, -0.15) is 0 Å². The second kappa shape index (κ2) is 4.79. The molecule has 1 aromatic heterocycles. The van der Waals surface area contributed by atoms with Crippen molar-refractivity contribution in [1.29, 1.82) is 0 Å². The van der Waals surface area contributed by atoms with Gasteiger partial charge in [0.2, 0.25) is 0 Å². The van der Waals surface area contributed by atoms with Crippen molar-refractivity contribution in [2.45, 2.75) is 5.92 Å². The molecule has 0 aromatic carbocycles. The third kappa shape index (κ3) is 3.39. The summed E-state index contributed by atoms with van der Waals surface area (Å²) in [4.78, 5) is 27.5. The number of hydrogen-bond donors (Lipinski definition) is 3. The Morgan fingerprint density at radius 2 is 2.31 bits per heavy atom. The van der Waals surface area contributed by atoms with Crippen molar-refractivity contribution in [2.75, 3.05) is 13.1 Å². The zero-order valence-corrected chi connectivity index (χ0v) is 8.17. The summed E-state index contributed by atoms with van der Waals surface area (Å²) in [6, 6.07) is 0. The Hall–Kier alpha value is -1.83. The van der Waals surface area contributed by atoms with Gasteiger partial charge in [0.05, 0.1) is 19.3 Å². The van der Waals surface area contributed by atoms with Gasteiger partial charge in [-0.3, -0.25) is 9.59 Å². The first-order valence-electron chi connectivity index (χ1n) is 4.35. The summed E-state index contributed by atoms with van der Waals surface area (Å²) in [5.74, 6) is -3.96. The van der Waals surface area contributed by atoms with E-state index in [9.17, 15) is 18.4 Å². The number of rotatable bonds is 4. The molecule has 0 saturated carbocycles. The molecule has 0 unspecified atom stereocenters. The van der Waals surface area contributed by atoms with Gasteiger partial charge in [0.15, 0.2) is 0 Å². The van der Waals surface area contributed by atoms with Gasteiger partial charge < -0.3 is 16.0 Å². The number of halogens is 2. The second-order valence-electron chi connectivity index (χ2n) is 3.04. The first kappa shape index (κ1) is 12.2. The number of aromatic amines is 1. The van der Waals surface area contributed by atoms with Crippen LogP contribution in [0, 0.1) is 0 Å². The smallest absolute Gasteiger partial charge is 0.277 e. The van der Waals surface area contributed by atoms with Crippen molar-refractivity contribution >= 4 is 5.91 Å². The van der Waals surface area contributed by atoms with Crippen LogP contribution in [0.4, 0.5) is 8.78 Å². The number of nitrogens with two attached hydrogens (primary N) is 1. The van der Waals surface area contributed by atoms with Gasteiger partial charge in [-0.05, 0) is 0 Å². The highest BCUT2D eigenvalue weighted by atomic mass is 19.3. The molecule has 0 aliphatic heterocycles. The maximum Gasteiger partial charge on any atom is 0.277 e. The minimum Gasteiger partial charge on any atom is -0.345 e. The second-order valence-corrected chi connectivity index (χ2v) is 3.04. The number of nitrogens with one attached hydrogen (secondary N) is 2. The van der Waals surface area contributed by atoms with Crippen LogP contribution in [-0.2, 0) is 0 Å². The Balaban J connectivity index is 2.60. The molecule has 1 rings (SSSR count). The lowest BCUT2D eigenvalue weighted by Gasteiger charge is -2.13. The van der Waals surface area contributed by atoms with E-state index in [0.29, 0.717) is 0 Å². The zero-order valence-electron chi connectivity index (χ0n) is 8.17. The highest BCUT2D eigenvalue weighted by molar-refractivity contribution is 5.91. The molecule has 0 spiro atoms. The van der Waals surface area contributed by atoms with Crippen LogP contribution < -0.4 is 16.6 Å². The van der Waals surface area contributed by atoms with Crippen LogP contribution in [0.1, 0.15) is 10.5 Å². The van der Waals surface area contributed by atoms with Crippen molar-refractivity contribution in [2.24, 2.45) is 5.73 Å². The molecule has 0 aliphatic carbocycles. The van der Waals surface area contributed by atoms with Gasteiger partial charge in [-0.1, -0.05) is 0 Å². The molecule has 6 nitrogen and oxygen atoms in total. The summed E-state index contributed by atoms with van der Waals surface area (Å²) in [5.41, 5.74) is 4.16. The van der Waals surface area contributed by atoms with Crippen LogP contribution >= 0.6 is 0 Å². The number of nitrogens with zero attached hydrogens (tertiary/aromatic N) is 1. The summed E-state index contributed by atoms with van der Waals surface area (Å²) in [6.07, 6.45) is 1.92. The average Bonchev–Trinajstić information content (AvgIpc) is 2.27. The molecule has 0 saturated heterocycles. The summed E-state index contributed by atoms with van der Waals surface area (Å²) in [6.45, 7) is -1.73. The third-order valence-electron chi connectivity index (χ3n) is 1.71. The van der Waals surface area contributed by atoms with Crippen LogP contribution in [0.15, 0.2) is 17.2 Å². The minimum atomic E-state index is -3.15. The fourth-order valence-electron chi connectivity index (χ4n) is 0.839. The quantitative estimate of drug-likeness (QED) is 0.625. The van der Waals surface area contributed by atoms with Crippen LogP contribution in [0.3, 0.4) is 0 Å². The molecular weight excluding hydrogens is 222 g/mol. The Kier molecular flexibility index (Phi) is 3.67. The van der Waals surface area contributed by atoms with Crippen LogP contribution in [-0.4, -0.2) is 34.9 Å². The molecule has 16 heavy (non-hydrogen) atoms. The highest BCUT2D eigenvalue weighted by Crippen LogP contribution is 2.08. The summed E-state index contributed by atoms with van der Waals surface area (Å²) >= 11 is 0. The van der Waals surface area contributed by atoms with E-state index in [1.165, 1.54) is 0 Å². The molecule has 0 atom stereocenters. The number of H-pyrrole nitrogens is 1. The van der Waals surface area contributed by atoms with Gasteiger partial charge in [0, 0.05) is 6.20 Å². The SMILES string of the molecule is NCC(F)(F)CNC(=O)c1c[nH]c(=O)cn1. The largest absolute Gasteiger partial charge is 0.345 e. The fraction of sp³-hybridized carbons (Fsp3) is 0.375. The topological polar surface area (TPSA) is 101 Å². The monoisotopic (exact) mass is 232 g/mol. The molecule has 0 fully saturated rings. The molecule has 8 heteroatoms. The number of carbonyl (C=O) groups excluding carboxylic acids is 1. The fourth-order valence-corrected chi connectivity index (χ4v) is 0.839. The number of amides is 1. The molecule has 1 amide bonds. The van der Waals surface area contributed by atoms with E-state index in [1.807, 2.05) is 5.32 Å². The highest BCUT2D eigenvalue weighted by Gasteiger charge is 2.27. The lowest BCUT2D eigenvalue weighted by Crippen LogP contribution is -2.41. The lowest BCUT2D eigenvalue weighted by molar-refractivity contribution is 0.0118. The Morgan fingerprint density at radius 3 is 2.81 bits per heavy atom. The van der Waals surface area contributed by atoms with Crippen molar-refractivity contribution in [1.82, 2.24) is 15.3 Å². The molecular formula is C8H10F2N4O2. The van der Waals surface area contributed by atoms with Crippen LogP contribution in [0.5, 0.6) is 0 Å². The first-order chi connectivity index (χ1) is 7.44. The summed E-state index contributed by atoms with van der Waals surface area (Å²) in [7, 11) is 0. The summed E-state index contributed by atoms with van der Waals surface area (Å²) in [5, 5.41) is 1.96. The molecule has 88 valence electrons. The first-order valence-corrected chi connectivity index (χ1v) is 4.35. The predicted octanol–water partition coefficient (Wildman–Crippen LogP) is -0.906. The number of carbonyl (C=O) groups is 1. The zero-order chi connectivity index (χ0) is 12.2. The Bertz CT molecular complexity index is 412. The number of alkyl halides is 2. The number of hydrogen-bond acceptors (Lipinski definition) is 4. The van der Waals surface area contributed by atoms with Gasteiger partial charge in [-0.25, -0.2) is 13.8 Å². The normalized spacial score (nSPS) is 11.2. The number of aromatic nitrogens is 2. The Labute approximate surface area is 88.9 Å². The van der Waals surface area contributed by atoms with E-state index < -0.39 is 30.5 Å². The standard InChI is InChI=1S/C8H10F2N4O2/c9-8(10,3-11)4-14-7(16)5-1-13-6(15)2-12-5/h1-2H,3-4,11H2,(H,13,15)(H,14,16). The minimum absolute atomic E-state index is 0.146. The third-order valence-corrected chi connectivity index (χ3v) is 1.71. The van der Waals surface area contributed by atoms with E-state index >= 15 is 0 Å². The van der Waals surface area contributed by atoms with E-state index in [-0.39, 0.29) is 5.69 Å². The van der Waals surface area contributed by atoms with E-state index in [4.69, 9.17) is 5.73 Å². The van der Waals surface area contributed by atoms with E-state index in [0.717, 1.165) is 12.4 Å². The molecule has 0 bridgehead atoms. The van der Waals surface area contributed by atoms with Crippen molar-refractivity contribution in [3.05, 3.63) is 28.4 Å². The molecule has 0 radical (unpaired) electrons. The predicted molar refractivity (Wildman–Crippen MR) is 51.2 cm³/mol. The lowest BCUT2D eigenvalue weighted by atomic mass is 10.3. The van der Waals surface area contributed by atoms with Crippen molar-refractivity contribution in [3.8, 4) is 0 Å². The molecule has 1 heterocycles.